The lowest BCUT2D eigenvalue weighted by molar-refractivity contribution is -0.120. The molecule has 6 nitrogen and oxygen atoms in total. The van der Waals surface area contributed by atoms with E-state index in [-0.39, 0.29) is 24.1 Å². The molecule has 1 unspecified atom stereocenters. The van der Waals surface area contributed by atoms with Crippen LogP contribution in [0.25, 0.3) is 0 Å². The van der Waals surface area contributed by atoms with Gasteiger partial charge in [0.15, 0.2) is 0 Å². The van der Waals surface area contributed by atoms with E-state index in [0.29, 0.717) is 22.5 Å². The Labute approximate surface area is 160 Å². The molecule has 26 heavy (non-hydrogen) atoms. The van der Waals surface area contributed by atoms with Gasteiger partial charge in [0.1, 0.15) is 5.54 Å². The smallest absolute Gasteiger partial charge is 0.248 e. The van der Waals surface area contributed by atoms with Crippen LogP contribution < -0.4 is 15.8 Å². The Hall–Kier alpha value is -2.09. The third-order valence-electron chi connectivity index (χ3n) is 3.97. The van der Waals surface area contributed by atoms with Crippen LogP contribution in [0.3, 0.4) is 0 Å². The van der Waals surface area contributed by atoms with E-state index in [1.807, 2.05) is 18.2 Å². The summed E-state index contributed by atoms with van der Waals surface area (Å²) < 4.78 is 25.9. The SMILES string of the molecule is CCS(=O)(=O)Nc1ccc(NC(=O)C(C)(N)c2ccccc2)cc1C.Cl. The maximum Gasteiger partial charge on any atom is 0.248 e. The molecule has 0 fully saturated rings. The predicted octanol–water partition coefficient (Wildman–Crippen LogP) is 2.99. The zero-order chi connectivity index (χ0) is 18.7. The van der Waals surface area contributed by atoms with Gasteiger partial charge < -0.3 is 11.1 Å². The topological polar surface area (TPSA) is 101 Å². The molecule has 0 bridgehead atoms. The predicted molar refractivity (Wildman–Crippen MR) is 108 cm³/mol. The Bertz CT molecular complexity index is 869. The van der Waals surface area contributed by atoms with Crippen molar-refractivity contribution in [2.24, 2.45) is 5.73 Å². The zero-order valence-corrected chi connectivity index (χ0v) is 16.6. The lowest BCUT2D eigenvalue weighted by Gasteiger charge is -2.24. The summed E-state index contributed by atoms with van der Waals surface area (Å²) in [5.41, 5.74) is 7.45. The molecule has 0 radical (unpaired) electrons. The molecule has 0 aliphatic heterocycles. The molecule has 2 rings (SSSR count). The first-order chi connectivity index (χ1) is 11.7. The molecule has 8 heteroatoms. The van der Waals surface area contributed by atoms with E-state index in [0.717, 1.165) is 0 Å². The monoisotopic (exact) mass is 397 g/mol. The van der Waals surface area contributed by atoms with E-state index in [9.17, 15) is 13.2 Å². The van der Waals surface area contributed by atoms with Crippen LogP contribution in [0.5, 0.6) is 0 Å². The minimum Gasteiger partial charge on any atom is -0.324 e. The van der Waals surface area contributed by atoms with Crippen molar-refractivity contribution >= 4 is 39.7 Å². The maximum atomic E-state index is 12.6. The second kappa shape index (κ2) is 8.53. The number of halogens is 1. The second-order valence-electron chi connectivity index (χ2n) is 6.06. The Morgan fingerprint density at radius 1 is 1.15 bits per heavy atom. The first-order valence-electron chi connectivity index (χ1n) is 7.92. The van der Waals surface area contributed by atoms with E-state index in [4.69, 9.17) is 5.73 Å². The number of nitrogens with two attached hydrogens (primary N) is 1. The van der Waals surface area contributed by atoms with Gasteiger partial charge in [0.2, 0.25) is 15.9 Å². The van der Waals surface area contributed by atoms with Gasteiger partial charge in [-0.2, -0.15) is 0 Å². The van der Waals surface area contributed by atoms with Crippen LogP contribution in [0.1, 0.15) is 25.0 Å². The molecule has 0 saturated heterocycles. The van der Waals surface area contributed by atoms with Crippen LogP contribution in [0.15, 0.2) is 48.5 Å². The summed E-state index contributed by atoms with van der Waals surface area (Å²) in [6, 6.07) is 14.1. The highest BCUT2D eigenvalue weighted by molar-refractivity contribution is 7.92. The Balaban J connectivity index is 0.00000338. The maximum absolute atomic E-state index is 12.6. The van der Waals surface area contributed by atoms with Crippen molar-refractivity contribution < 1.29 is 13.2 Å². The first kappa shape index (κ1) is 22.0. The van der Waals surface area contributed by atoms with Gasteiger partial charge in [-0.3, -0.25) is 9.52 Å². The van der Waals surface area contributed by atoms with Gasteiger partial charge in [0, 0.05) is 5.69 Å². The molecule has 1 atom stereocenters. The number of carbonyl (C=O) groups is 1. The molecule has 4 N–H and O–H groups in total. The molecular weight excluding hydrogens is 374 g/mol. The third-order valence-corrected chi connectivity index (χ3v) is 5.27. The molecule has 2 aromatic rings. The van der Waals surface area contributed by atoms with E-state index in [1.54, 1.807) is 51.1 Å². The molecule has 0 aliphatic carbocycles. The first-order valence-corrected chi connectivity index (χ1v) is 9.58. The summed E-state index contributed by atoms with van der Waals surface area (Å²) >= 11 is 0. The Morgan fingerprint density at radius 3 is 2.31 bits per heavy atom. The number of benzene rings is 2. The number of carbonyl (C=O) groups excluding carboxylic acids is 1. The largest absolute Gasteiger partial charge is 0.324 e. The van der Waals surface area contributed by atoms with Crippen LogP contribution in [0, 0.1) is 6.92 Å². The normalized spacial score (nSPS) is 13.2. The van der Waals surface area contributed by atoms with Crippen LogP contribution >= 0.6 is 12.4 Å². The standard InChI is InChI=1S/C18H23N3O3S.ClH/c1-4-25(23,24)21-16-11-10-15(12-13(16)2)20-17(22)18(3,19)14-8-6-5-7-9-14;/h5-12,21H,4,19H2,1-3H3,(H,20,22);1H. The Kier molecular flexibility index (Phi) is 7.20. The van der Waals surface area contributed by atoms with Crippen LogP contribution in [-0.4, -0.2) is 20.1 Å². The van der Waals surface area contributed by atoms with Crippen molar-refractivity contribution in [3.8, 4) is 0 Å². The quantitative estimate of drug-likeness (QED) is 0.697. The number of nitrogens with one attached hydrogen (secondary N) is 2. The van der Waals surface area contributed by atoms with Crippen molar-refractivity contribution in [2.75, 3.05) is 15.8 Å². The van der Waals surface area contributed by atoms with Crippen molar-refractivity contribution in [1.82, 2.24) is 0 Å². The number of hydrogen-bond acceptors (Lipinski definition) is 4. The summed E-state index contributed by atoms with van der Waals surface area (Å²) in [6.45, 7) is 4.98. The van der Waals surface area contributed by atoms with Gasteiger partial charge in [-0.25, -0.2) is 8.42 Å². The number of aryl methyl sites for hydroxylation is 1. The van der Waals surface area contributed by atoms with Gasteiger partial charge in [0.05, 0.1) is 11.4 Å². The van der Waals surface area contributed by atoms with Crippen LogP contribution in [-0.2, 0) is 20.4 Å². The van der Waals surface area contributed by atoms with Crippen molar-refractivity contribution in [2.45, 2.75) is 26.3 Å². The third kappa shape index (κ3) is 5.20. The number of rotatable bonds is 6. The fourth-order valence-electron chi connectivity index (χ4n) is 2.27. The molecule has 0 saturated carbocycles. The van der Waals surface area contributed by atoms with E-state index in [2.05, 4.69) is 10.0 Å². The minimum absolute atomic E-state index is 0. The molecule has 0 aromatic heterocycles. The average Bonchev–Trinajstić information content (AvgIpc) is 2.58. The highest BCUT2D eigenvalue weighted by Crippen LogP contribution is 2.24. The number of anilines is 2. The van der Waals surface area contributed by atoms with Crippen LogP contribution in [0.4, 0.5) is 11.4 Å². The lowest BCUT2D eigenvalue weighted by Crippen LogP contribution is -2.45. The van der Waals surface area contributed by atoms with E-state index < -0.39 is 15.6 Å². The summed E-state index contributed by atoms with van der Waals surface area (Å²) in [6.07, 6.45) is 0. The lowest BCUT2D eigenvalue weighted by atomic mass is 9.92. The van der Waals surface area contributed by atoms with Gasteiger partial charge in [-0.1, -0.05) is 30.3 Å². The molecule has 0 spiro atoms. The molecule has 142 valence electrons. The van der Waals surface area contributed by atoms with Crippen molar-refractivity contribution in [3.63, 3.8) is 0 Å². The second-order valence-corrected chi connectivity index (χ2v) is 8.07. The molecule has 0 aliphatic rings. The van der Waals surface area contributed by atoms with E-state index in [1.165, 1.54) is 0 Å². The van der Waals surface area contributed by atoms with Gasteiger partial charge in [0.25, 0.3) is 0 Å². The fourth-order valence-corrected chi connectivity index (χ4v) is 2.98. The average molecular weight is 398 g/mol. The summed E-state index contributed by atoms with van der Waals surface area (Å²) in [4.78, 5) is 12.6. The number of hydrogen-bond donors (Lipinski definition) is 3. The number of amides is 1. The van der Waals surface area contributed by atoms with Gasteiger partial charge >= 0.3 is 0 Å². The highest BCUT2D eigenvalue weighted by atomic mass is 35.5. The minimum atomic E-state index is -3.35. The molecular formula is C18H24ClN3O3S. The Morgan fingerprint density at radius 2 is 1.77 bits per heavy atom. The van der Waals surface area contributed by atoms with Crippen molar-refractivity contribution in [3.05, 3.63) is 59.7 Å². The fraction of sp³-hybridized carbons (Fsp3) is 0.278. The number of sulfonamides is 1. The van der Waals surface area contributed by atoms with Crippen LogP contribution in [0.2, 0.25) is 0 Å². The van der Waals surface area contributed by atoms with Gasteiger partial charge in [-0.05, 0) is 50.1 Å². The molecule has 2 aromatic carbocycles. The van der Waals surface area contributed by atoms with Crippen molar-refractivity contribution in [1.29, 1.82) is 0 Å². The zero-order valence-electron chi connectivity index (χ0n) is 14.9. The van der Waals surface area contributed by atoms with Gasteiger partial charge in [-0.15, -0.1) is 12.4 Å². The molecule has 1 amide bonds. The summed E-state index contributed by atoms with van der Waals surface area (Å²) in [5, 5.41) is 2.78. The molecule has 0 heterocycles. The highest BCUT2D eigenvalue weighted by Gasteiger charge is 2.30. The van der Waals surface area contributed by atoms with E-state index >= 15 is 0 Å². The summed E-state index contributed by atoms with van der Waals surface area (Å²) in [5.74, 6) is -0.354. The summed E-state index contributed by atoms with van der Waals surface area (Å²) in [7, 11) is -3.35.